The summed E-state index contributed by atoms with van der Waals surface area (Å²) < 4.78 is 0. The third-order valence-electron chi connectivity index (χ3n) is 3.96. The molecule has 1 fully saturated rings. The first-order valence-corrected chi connectivity index (χ1v) is 7.03. The van der Waals surface area contributed by atoms with Crippen molar-refractivity contribution < 1.29 is 14.7 Å². The Morgan fingerprint density at radius 1 is 1.35 bits per heavy atom. The van der Waals surface area contributed by atoms with Gasteiger partial charge in [-0.05, 0) is 36.8 Å². The minimum Gasteiger partial charge on any atom is -0.481 e. The number of carbonyl (C=O) groups excluding carboxylic acids is 1. The van der Waals surface area contributed by atoms with Gasteiger partial charge < -0.3 is 10.0 Å². The molecule has 0 bridgehead atoms. The van der Waals surface area contributed by atoms with E-state index in [1.54, 1.807) is 11.9 Å². The van der Waals surface area contributed by atoms with Gasteiger partial charge in [0.1, 0.15) is 0 Å². The minimum absolute atomic E-state index is 0.0749. The molecule has 0 heterocycles. The summed E-state index contributed by atoms with van der Waals surface area (Å²) >= 11 is 0. The molecule has 1 aliphatic carbocycles. The predicted molar refractivity (Wildman–Crippen MR) is 76.5 cm³/mol. The fourth-order valence-electron chi connectivity index (χ4n) is 2.68. The Hall–Kier alpha value is -1.84. The first kappa shape index (κ1) is 14.6. The number of amides is 1. The Kier molecular flexibility index (Phi) is 4.42. The van der Waals surface area contributed by atoms with Crippen molar-refractivity contribution in [1.29, 1.82) is 0 Å². The Morgan fingerprint density at radius 3 is 2.70 bits per heavy atom. The van der Waals surface area contributed by atoms with Gasteiger partial charge in [-0.3, -0.25) is 9.59 Å². The molecule has 4 nitrogen and oxygen atoms in total. The van der Waals surface area contributed by atoms with Crippen molar-refractivity contribution in [2.24, 2.45) is 5.92 Å². The molecule has 4 heteroatoms. The van der Waals surface area contributed by atoms with Crippen molar-refractivity contribution in [1.82, 2.24) is 4.90 Å². The number of aliphatic carboxylic acids is 1. The van der Waals surface area contributed by atoms with Crippen molar-refractivity contribution in [2.45, 2.75) is 32.1 Å². The van der Waals surface area contributed by atoms with Crippen LogP contribution in [-0.4, -0.2) is 35.5 Å². The van der Waals surface area contributed by atoms with E-state index in [0.717, 1.165) is 6.42 Å². The smallest absolute Gasteiger partial charge is 0.303 e. The molecule has 1 aromatic rings. The summed E-state index contributed by atoms with van der Waals surface area (Å²) in [5.41, 5.74) is 2.51. The van der Waals surface area contributed by atoms with Gasteiger partial charge in [0.05, 0.1) is 0 Å². The molecule has 108 valence electrons. The van der Waals surface area contributed by atoms with E-state index in [4.69, 9.17) is 5.11 Å². The average molecular weight is 275 g/mol. The van der Waals surface area contributed by atoms with Gasteiger partial charge >= 0.3 is 5.97 Å². The Bertz CT molecular complexity index is 512. The molecule has 0 spiro atoms. The van der Waals surface area contributed by atoms with Gasteiger partial charge in [0.15, 0.2) is 0 Å². The number of aryl methyl sites for hydroxylation is 1. The Balaban J connectivity index is 1.86. The molecule has 2 rings (SSSR count). The number of carboxylic acid groups (broad SMARTS) is 1. The largest absolute Gasteiger partial charge is 0.481 e. The molecule has 1 saturated carbocycles. The van der Waals surface area contributed by atoms with Crippen molar-refractivity contribution in [3.05, 3.63) is 35.4 Å². The summed E-state index contributed by atoms with van der Waals surface area (Å²) in [6, 6.07) is 8.19. The van der Waals surface area contributed by atoms with Crippen LogP contribution in [0, 0.1) is 12.8 Å². The molecule has 0 aliphatic heterocycles. The summed E-state index contributed by atoms with van der Waals surface area (Å²) in [6.45, 7) is 2.59. The summed E-state index contributed by atoms with van der Waals surface area (Å²) in [5, 5.41) is 8.60. The van der Waals surface area contributed by atoms with E-state index in [2.05, 4.69) is 19.1 Å². The number of benzene rings is 1. The molecular formula is C16H21NO3. The highest BCUT2D eigenvalue weighted by molar-refractivity contribution is 5.83. The second kappa shape index (κ2) is 6.07. The van der Waals surface area contributed by atoms with Crippen LogP contribution in [0.1, 0.15) is 36.3 Å². The van der Waals surface area contributed by atoms with Crippen LogP contribution in [0.25, 0.3) is 0 Å². The van der Waals surface area contributed by atoms with Crippen molar-refractivity contribution >= 4 is 11.9 Å². The van der Waals surface area contributed by atoms with Gasteiger partial charge in [0.2, 0.25) is 5.91 Å². The SMILES string of the molecule is Cc1ccccc1[C@@H]1C[C@H]1C(=O)N(C)CCCC(=O)O. The standard InChI is InChI=1S/C16H21NO3/c1-11-6-3-4-7-12(11)13-10-14(13)16(20)17(2)9-5-8-15(18)19/h3-4,6-7,13-14H,5,8-10H2,1-2H3,(H,18,19)/t13-,14+/m0/s1. The lowest BCUT2D eigenvalue weighted by Gasteiger charge is -2.17. The molecule has 1 amide bonds. The van der Waals surface area contributed by atoms with E-state index >= 15 is 0 Å². The first-order chi connectivity index (χ1) is 9.50. The van der Waals surface area contributed by atoms with Gasteiger partial charge in [0, 0.05) is 25.9 Å². The van der Waals surface area contributed by atoms with Gasteiger partial charge in [0.25, 0.3) is 0 Å². The van der Waals surface area contributed by atoms with E-state index < -0.39 is 5.97 Å². The maximum absolute atomic E-state index is 12.3. The van der Waals surface area contributed by atoms with E-state index in [0.29, 0.717) is 18.9 Å². The van der Waals surface area contributed by atoms with Gasteiger partial charge in [-0.15, -0.1) is 0 Å². The van der Waals surface area contributed by atoms with Crippen LogP contribution in [0.5, 0.6) is 0 Å². The van der Waals surface area contributed by atoms with E-state index in [1.165, 1.54) is 11.1 Å². The Labute approximate surface area is 119 Å². The summed E-state index contributed by atoms with van der Waals surface area (Å²) in [5.74, 6) is -0.254. The molecule has 0 aromatic heterocycles. The molecule has 1 N–H and O–H groups in total. The molecular weight excluding hydrogens is 254 g/mol. The molecule has 0 radical (unpaired) electrons. The minimum atomic E-state index is -0.810. The maximum atomic E-state index is 12.3. The first-order valence-electron chi connectivity index (χ1n) is 7.03. The van der Waals surface area contributed by atoms with Crippen molar-refractivity contribution in [3.8, 4) is 0 Å². The van der Waals surface area contributed by atoms with Crippen LogP contribution in [0.4, 0.5) is 0 Å². The molecule has 0 saturated heterocycles. The summed E-state index contributed by atoms with van der Waals surface area (Å²) in [6.07, 6.45) is 1.54. The zero-order valence-corrected chi connectivity index (χ0v) is 12.0. The summed E-state index contributed by atoms with van der Waals surface area (Å²) in [4.78, 5) is 24.4. The van der Waals surface area contributed by atoms with Crippen LogP contribution in [-0.2, 0) is 9.59 Å². The fourth-order valence-corrected chi connectivity index (χ4v) is 2.68. The Morgan fingerprint density at radius 2 is 2.05 bits per heavy atom. The number of rotatable bonds is 6. The maximum Gasteiger partial charge on any atom is 0.303 e. The monoisotopic (exact) mass is 275 g/mol. The number of carboxylic acids is 1. The molecule has 1 aromatic carbocycles. The van der Waals surface area contributed by atoms with Gasteiger partial charge in [-0.2, -0.15) is 0 Å². The lowest BCUT2D eigenvalue weighted by Crippen LogP contribution is -2.29. The zero-order valence-electron chi connectivity index (χ0n) is 12.0. The molecule has 2 atom stereocenters. The predicted octanol–water partition coefficient (Wildman–Crippen LogP) is 2.42. The zero-order chi connectivity index (χ0) is 14.7. The number of carbonyl (C=O) groups is 2. The van der Waals surface area contributed by atoms with E-state index in [-0.39, 0.29) is 18.2 Å². The van der Waals surface area contributed by atoms with Crippen LogP contribution in [0.3, 0.4) is 0 Å². The van der Waals surface area contributed by atoms with Gasteiger partial charge in [-0.25, -0.2) is 0 Å². The van der Waals surface area contributed by atoms with E-state index in [1.807, 2.05) is 12.1 Å². The second-order valence-electron chi connectivity index (χ2n) is 5.56. The van der Waals surface area contributed by atoms with Crippen LogP contribution >= 0.6 is 0 Å². The highest BCUT2D eigenvalue weighted by Crippen LogP contribution is 2.49. The molecule has 0 unspecified atom stereocenters. The lowest BCUT2D eigenvalue weighted by molar-refractivity contribution is -0.138. The van der Waals surface area contributed by atoms with Gasteiger partial charge in [-0.1, -0.05) is 24.3 Å². The number of hydrogen-bond donors (Lipinski definition) is 1. The van der Waals surface area contributed by atoms with Crippen molar-refractivity contribution in [2.75, 3.05) is 13.6 Å². The quantitative estimate of drug-likeness (QED) is 0.867. The fraction of sp³-hybridized carbons (Fsp3) is 0.500. The molecule has 1 aliphatic rings. The van der Waals surface area contributed by atoms with Crippen molar-refractivity contribution in [3.63, 3.8) is 0 Å². The highest BCUT2D eigenvalue weighted by atomic mass is 16.4. The second-order valence-corrected chi connectivity index (χ2v) is 5.56. The average Bonchev–Trinajstić information content (AvgIpc) is 3.18. The topological polar surface area (TPSA) is 57.6 Å². The highest BCUT2D eigenvalue weighted by Gasteiger charge is 2.45. The van der Waals surface area contributed by atoms with Crippen LogP contribution in [0.2, 0.25) is 0 Å². The number of hydrogen-bond acceptors (Lipinski definition) is 2. The third-order valence-corrected chi connectivity index (χ3v) is 3.96. The summed E-state index contributed by atoms with van der Waals surface area (Å²) in [7, 11) is 1.76. The normalized spacial score (nSPS) is 20.5. The van der Waals surface area contributed by atoms with Crippen LogP contribution < -0.4 is 0 Å². The van der Waals surface area contributed by atoms with Crippen LogP contribution in [0.15, 0.2) is 24.3 Å². The number of nitrogens with zero attached hydrogens (tertiary/aromatic N) is 1. The lowest BCUT2D eigenvalue weighted by atomic mass is 10.0. The van der Waals surface area contributed by atoms with E-state index in [9.17, 15) is 9.59 Å². The molecule has 20 heavy (non-hydrogen) atoms. The third kappa shape index (κ3) is 3.38.